The summed E-state index contributed by atoms with van der Waals surface area (Å²) in [6.07, 6.45) is 7.36. The lowest BCUT2D eigenvalue weighted by Gasteiger charge is -2.28. The van der Waals surface area contributed by atoms with E-state index in [2.05, 4.69) is 55.5 Å². The van der Waals surface area contributed by atoms with Crippen LogP contribution in [0, 0.1) is 12.8 Å². The third kappa shape index (κ3) is 3.67. The van der Waals surface area contributed by atoms with Crippen LogP contribution in [0.4, 0.5) is 0 Å². The fourth-order valence-electron chi connectivity index (χ4n) is 4.00. The Morgan fingerprint density at radius 1 is 0.826 bits per heavy atom. The summed E-state index contributed by atoms with van der Waals surface area (Å²) in [5.41, 5.74) is 5.49. The van der Waals surface area contributed by atoms with Crippen LogP contribution < -0.4 is 0 Å². The Labute approximate surface area is 139 Å². The van der Waals surface area contributed by atoms with Crippen molar-refractivity contribution in [3.05, 3.63) is 59.7 Å². The molecule has 1 saturated carbocycles. The van der Waals surface area contributed by atoms with Gasteiger partial charge in [0.1, 0.15) is 0 Å². The summed E-state index contributed by atoms with van der Waals surface area (Å²) in [7, 11) is 0. The molecule has 1 aliphatic heterocycles. The van der Waals surface area contributed by atoms with Gasteiger partial charge in [0.05, 0.1) is 12.7 Å². The zero-order chi connectivity index (χ0) is 15.6. The zero-order valence-electron chi connectivity index (χ0n) is 14.0. The smallest absolute Gasteiger partial charge is 0.0812 e. The van der Waals surface area contributed by atoms with Gasteiger partial charge in [-0.15, -0.1) is 0 Å². The molecular formula is C22H26O. The van der Waals surface area contributed by atoms with Gasteiger partial charge in [0.15, 0.2) is 0 Å². The summed E-state index contributed by atoms with van der Waals surface area (Å²) in [5, 5.41) is 0. The number of epoxide rings is 1. The Morgan fingerprint density at radius 2 is 1.39 bits per heavy atom. The van der Waals surface area contributed by atoms with Gasteiger partial charge in [0, 0.05) is 0 Å². The molecule has 0 aromatic heterocycles. The lowest BCUT2D eigenvalue weighted by molar-refractivity contribution is 0.276. The maximum Gasteiger partial charge on any atom is 0.0812 e. The number of aryl methyl sites for hydroxylation is 1. The molecule has 1 unspecified atom stereocenters. The van der Waals surface area contributed by atoms with E-state index in [0.717, 1.165) is 18.4 Å². The molecule has 2 aromatic carbocycles. The molecule has 1 heterocycles. The molecule has 2 aliphatic rings. The Bertz CT molecular complexity index is 629. The number of ether oxygens (including phenoxy) is 1. The van der Waals surface area contributed by atoms with Gasteiger partial charge in [0.25, 0.3) is 0 Å². The van der Waals surface area contributed by atoms with Gasteiger partial charge < -0.3 is 4.74 Å². The standard InChI is InChI=1S/C22H26O/c1-16-2-6-18(7-3-16)20-10-12-21(13-11-20)19-8-4-17(5-9-19)14-22-15-23-22/h2-3,6-7,10-13,17,19,22H,4-5,8-9,14-15H2,1H3. The minimum atomic E-state index is 0.602. The quantitative estimate of drug-likeness (QED) is 0.658. The SMILES string of the molecule is Cc1ccc(-c2ccc(C3CCC(CC4CO4)CC3)cc2)cc1. The molecule has 4 rings (SSSR count). The van der Waals surface area contributed by atoms with Crippen LogP contribution in [0.15, 0.2) is 48.5 Å². The van der Waals surface area contributed by atoms with Gasteiger partial charge in [-0.05, 0) is 67.6 Å². The van der Waals surface area contributed by atoms with E-state index in [-0.39, 0.29) is 0 Å². The van der Waals surface area contributed by atoms with Gasteiger partial charge in [-0.25, -0.2) is 0 Å². The monoisotopic (exact) mass is 306 g/mol. The molecule has 23 heavy (non-hydrogen) atoms. The van der Waals surface area contributed by atoms with Crippen molar-refractivity contribution in [2.24, 2.45) is 5.92 Å². The topological polar surface area (TPSA) is 12.5 Å². The molecule has 0 N–H and O–H groups in total. The van der Waals surface area contributed by atoms with Crippen LogP contribution in [-0.4, -0.2) is 12.7 Å². The van der Waals surface area contributed by atoms with Crippen molar-refractivity contribution >= 4 is 0 Å². The molecule has 1 saturated heterocycles. The average molecular weight is 306 g/mol. The van der Waals surface area contributed by atoms with Crippen molar-refractivity contribution in [1.29, 1.82) is 0 Å². The summed E-state index contributed by atoms with van der Waals surface area (Å²) < 4.78 is 5.39. The fraction of sp³-hybridized carbons (Fsp3) is 0.455. The Hall–Kier alpha value is -1.60. The number of rotatable bonds is 4. The molecule has 0 amide bonds. The van der Waals surface area contributed by atoms with Gasteiger partial charge >= 0.3 is 0 Å². The minimum absolute atomic E-state index is 0.602. The number of hydrogen-bond donors (Lipinski definition) is 0. The Balaban J connectivity index is 1.39. The number of hydrogen-bond acceptors (Lipinski definition) is 1. The van der Waals surface area contributed by atoms with E-state index in [4.69, 9.17) is 4.74 Å². The van der Waals surface area contributed by atoms with Crippen molar-refractivity contribution in [1.82, 2.24) is 0 Å². The Morgan fingerprint density at radius 3 is 1.96 bits per heavy atom. The average Bonchev–Trinajstić information content (AvgIpc) is 3.41. The van der Waals surface area contributed by atoms with Crippen LogP contribution in [0.25, 0.3) is 11.1 Å². The van der Waals surface area contributed by atoms with Crippen LogP contribution in [0.2, 0.25) is 0 Å². The Kier molecular flexibility index (Phi) is 4.22. The second-order valence-electron chi connectivity index (χ2n) is 7.40. The van der Waals surface area contributed by atoms with Crippen molar-refractivity contribution in [3.8, 4) is 11.1 Å². The first-order valence-electron chi connectivity index (χ1n) is 9.06. The molecule has 120 valence electrons. The van der Waals surface area contributed by atoms with Crippen molar-refractivity contribution in [2.75, 3.05) is 6.61 Å². The highest BCUT2D eigenvalue weighted by Gasteiger charge is 2.29. The molecule has 2 aromatic rings. The summed E-state index contributed by atoms with van der Waals surface area (Å²) in [5.74, 6) is 1.67. The molecule has 2 fully saturated rings. The lowest BCUT2D eigenvalue weighted by atomic mass is 9.77. The van der Waals surface area contributed by atoms with Crippen LogP contribution >= 0.6 is 0 Å². The molecule has 0 spiro atoms. The van der Waals surface area contributed by atoms with Crippen molar-refractivity contribution in [3.63, 3.8) is 0 Å². The first-order chi connectivity index (χ1) is 11.3. The maximum atomic E-state index is 5.39. The fourth-order valence-corrected chi connectivity index (χ4v) is 4.00. The first kappa shape index (κ1) is 15.0. The van der Waals surface area contributed by atoms with Gasteiger partial charge in [-0.3, -0.25) is 0 Å². The van der Waals surface area contributed by atoms with Gasteiger partial charge in [-0.2, -0.15) is 0 Å². The van der Waals surface area contributed by atoms with E-state index in [1.807, 2.05) is 0 Å². The van der Waals surface area contributed by atoms with Gasteiger partial charge in [-0.1, -0.05) is 54.1 Å². The predicted octanol–water partition coefficient (Wildman–Crippen LogP) is 5.72. The van der Waals surface area contributed by atoms with Crippen LogP contribution in [-0.2, 0) is 4.74 Å². The van der Waals surface area contributed by atoms with E-state index in [9.17, 15) is 0 Å². The third-order valence-electron chi connectivity index (χ3n) is 5.61. The summed E-state index contributed by atoms with van der Waals surface area (Å²) in [6, 6.07) is 18.1. The molecule has 1 atom stereocenters. The summed E-state index contributed by atoms with van der Waals surface area (Å²) in [4.78, 5) is 0. The van der Waals surface area contributed by atoms with E-state index in [1.165, 1.54) is 54.4 Å². The molecule has 0 bridgehead atoms. The van der Waals surface area contributed by atoms with Gasteiger partial charge in [0.2, 0.25) is 0 Å². The second kappa shape index (κ2) is 6.49. The summed E-state index contributed by atoms with van der Waals surface area (Å²) in [6.45, 7) is 3.15. The maximum absolute atomic E-state index is 5.39. The zero-order valence-corrected chi connectivity index (χ0v) is 14.0. The van der Waals surface area contributed by atoms with E-state index < -0.39 is 0 Å². The normalized spacial score (nSPS) is 26.9. The highest BCUT2D eigenvalue weighted by atomic mass is 16.6. The highest BCUT2D eigenvalue weighted by molar-refractivity contribution is 5.64. The molecule has 0 radical (unpaired) electrons. The van der Waals surface area contributed by atoms with E-state index in [1.54, 1.807) is 0 Å². The largest absolute Gasteiger partial charge is 0.373 e. The lowest BCUT2D eigenvalue weighted by Crippen LogP contribution is -2.14. The van der Waals surface area contributed by atoms with E-state index >= 15 is 0 Å². The summed E-state index contributed by atoms with van der Waals surface area (Å²) >= 11 is 0. The minimum Gasteiger partial charge on any atom is -0.373 e. The van der Waals surface area contributed by atoms with E-state index in [0.29, 0.717) is 6.10 Å². The number of benzene rings is 2. The first-order valence-corrected chi connectivity index (χ1v) is 9.06. The molecular weight excluding hydrogens is 280 g/mol. The van der Waals surface area contributed by atoms with Crippen LogP contribution in [0.3, 0.4) is 0 Å². The molecule has 1 heteroatoms. The second-order valence-corrected chi connectivity index (χ2v) is 7.40. The molecule has 1 aliphatic carbocycles. The van der Waals surface area contributed by atoms with Crippen molar-refractivity contribution in [2.45, 2.75) is 51.0 Å². The molecule has 1 nitrogen and oxygen atoms in total. The van der Waals surface area contributed by atoms with Crippen LogP contribution in [0.5, 0.6) is 0 Å². The van der Waals surface area contributed by atoms with Crippen molar-refractivity contribution < 1.29 is 4.74 Å². The highest BCUT2D eigenvalue weighted by Crippen LogP contribution is 2.39. The third-order valence-corrected chi connectivity index (χ3v) is 5.61. The van der Waals surface area contributed by atoms with Crippen LogP contribution in [0.1, 0.15) is 49.1 Å². The predicted molar refractivity (Wildman–Crippen MR) is 95.7 cm³/mol.